The lowest BCUT2D eigenvalue weighted by Gasteiger charge is -2.19. The minimum atomic E-state index is -0.0688. The second kappa shape index (κ2) is 8.20. The van der Waals surface area contributed by atoms with Gasteiger partial charge in [-0.1, -0.05) is 23.7 Å². The van der Waals surface area contributed by atoms with Crippen molar-refractivity contribution in [2.24, 2.45) is 4.99 Å². The van der Waals surface area contributed by atoms with Crippen LogP contribution in [0.4, 0.5) is 0 Å². The second-order valence-electron chi connectivity index (χ2n) is 5.79. The van der Waals surface area contributed by atoms with Gasteiger partial charge in [0, 0.05) is 30.1 Å². The molecule has 0 saturated heterocycles. The summed E-state index contributed by atoms with van der Waals surface area (Å²) in [4.78, 5) is 15.9. The normalized spacial score (nSPS) is 15.9. The molecule has 0 radical (unpaired) electrons. The number of carbonyl (C=O) groups excluding carboxylic acids is 1. The maximum atomic E-state index is 11.5. The molecule has 0 unspecified atom stereocenters. The van der Waals surface area contributed by atoms with Crippen molar-refractivity contribution in [3.05, 3.63) is 34.9 Å². The van der Waals surface area contributed by atoms with Crippen LogP contribution in [0.15, 0.2) is 29.3 Å². The van der Waals surface area contributed by atoms with Gasteiger partial charge < -0.3 is 16.0 Å². The predicted octanol–water partition coefficient (Wildman–Crippen LogP) is 2.06. The number of rotatable bonds is 7. The number of hydrogen-bond acceptors (Lipinski definition) is 2. The van der Waals surface area contributed by atoms with Gasteiger partial charge in [-0.3, -0.25) is 4.79 Å². The fourth-order valence-corrected chi connectivity index (χ4v) is 2.73. The Hall–Kier alpha value is -1.75. The van der Waals surface area contributed by atoms with Crippen LogP contribution < -0.4 is 16.0 Å². The molecule has 2 rings (SSSR count). The summed E-state index contributed by atoms with van der Waals surface area (Å²) in [6.45, 7) is 6.20. The third-order valence-corrected chi connectivity index (χ3v) is 4.22. The van der Waals surface area contributed by atoms with Crippen LogP contribution in [0.2, 0.25) is 5.02 Å². The van der Waals surface area contributed by atoms with E-state index in [0.29, 0.717) is 12.5 Å². The minimum Gasteiger partial charge on any atom is -0.357 e. The van der Waals surface area contributed by atoms with Crippen LogP contribution >= 0.6 is 11.6 Å². The fraction of sp³-hybridized carbons (Fsp3) is 0.529. The van der Waals surface area contributed by atoms with Crippen LogP contribution in [0.3, 0.4) is 0 Å². The van der Waals surface area contributed by atoms with Crippen molar-refractivity contribution in [3.8, 4) is 0 Å². The quantitative estimate of drug-likeness (QED) is 0.527. The van der Waals surface area contributed by atoms with E-state index >= 15 is 0 Å². The number of benzene rings is 1. The first-order valence-corrected chi connectivity index (χ1v) is 8.52. The first-order chi connectivity index (χ1) is 11.1. The van der Waals surface area contributed by atoms with Gasteiger partial charge in [0.25, 0.3) is 0 Å². The number of hydrogen-bond donors (Lipinski definition) is 3. The van der Waals surface area contributed by atoms with Gasteiger partial charge in [0.05, 0.1) is 0 Å². The summed E-state index contributed by atoms with van der Waals surface area (Å²) < 4.78 is 0. The summed E-state index contributed by atoms with van der Waals surface area (Å²) in [5.41, 5.74) is 1.39. The fourth-order valence-electron chi connectivity index (χ4n) is 2.54. The molecule has 1 aliphatic rings. The summed E-state index contributed by atoms with van der Waals surface area (Å²) in [5, 5.41) is 10.0. The van der Waals surface area contributed by atoms with Crippen molar-refractivity contribution in [2.45, 2.75) is 32.1 Å². The molecule has 0 heterocycles. The highest BCUT2D eigenvalue weighted by molar-refractivity contribution is 6.30. The van der Waals surface area contributed by atoms with Gasteiger partial charge in [0.15, 0.2) is 5.96 Å². The van der Waals surface area contributed by atoms with Crippen molar-refractivity contribution in [1.29, 1.82) is 0 Å². The molecular formula is C17H25ClN4O. The lowest BCUT2D eigenvalue weighted by Crippen LogP contribution is -2.42. The van der Waals surface area contributed by atoms with E-state index in [-0.39, 0.29) is 17.9 Å². The average molecular weight is 337 g/mol. The van der Waals surface area contributed by atoms with E-state index in [4.69, 9.17) is 11.6 Å². The second-order valence-corrected chi connectivity index (χ2v) is 6.23. The number of nitrogens with zero attached hydrogens (tertiary/aromatic N) is 1. The maximum absolute atomic E-state index is 11.5. The van der Waals surface area contributed by atoms with Crippen molar-refractivity contribution < 1.29 is 4.79 Å². The summed E-state index contributed by atoms with van der Waals surface area (Å²) in [6.07, 6.45) is 2.27. The van der Waals surface area contributed by atoms with E-state index < -0.39 is 0 Å². The molecule has 3 N–H and O–H groups in total. The summed E-state index contributed by atoms with van der Waals surface area (Å²) >= 11 is 6.10. The van der Waals surface area contributed by atoms with Gasteiger partial charge >= 0.3 is 0 Å². The Morgan fingerprint density at radius 2 is 1.96 bits per heavy atom. The number of amides is 1. The highest BCUT2D eigenvalue weighted by Gasteiger charge is 2.44. The van der Waals surface area contributed by atoms with E-state index in [2.05, 4.69) is 27.0 Å². The van der Waals surface area contributed by atoms with Crippen molar-refractivity contribution >= 4 is 23.5 Å². The number of aliphatic imine (C=N–C) groups is 1. The van der Waals surface area contributed by atoms with Gasteiger partial charge in [-0.05, 0) is 44.4 Å². The number of guanidine groups is 1. The molecule has 1 aliphatic carbocycles. The van der Waals surface area contributed by atoms with E-state index in [9.17, 15) is 4.79 Å². The van der Waals surface area contributed by atoms with Gasteiger partial charge in [0.1, 0.15) is 6.54 Å². The molecular weight excluding hydrogens is 312 g/mol. The van der Waals surface area contributed by atoms with Crippen LogP contribution in [0.1, 0.15) is 32.3 Å². The SMILES string of the molecule is CCNC(=O)CN=C(NCC)NCC1(c2cccc(Cl)c2)CC1. The predicted molar refractivity (Wildman–Crippen MR) is 95.0 cm³/mol. The monoisotopic (exact) mass is 336 g/mol. The molecule has 0 bridgehead atoms. The Kier molecular flexibility index (Phi) is 6.28. The zero-order valence-corrected chi connectivity index (χ0v) is 14.5. The standard InChI is InChI=1S/C17H25ClN4O/c1-3-19-15(23)11-21-16(20-4-2)22-12-17(8-9-17)13-6-5-7-14(18)10-13/h5-7,10H,3-4,8-9,11-12H2,1-2H3,(H,19,23)(H2,20,21,22). The van der Waals surface area contributed by atoms with Crippen LogP contribution in [0.25, 0.3) is 0 Å². The van der Waals surface area contributed by atoms with Gasteiger partial charge in [-0.2, -0.15) is 0 Å². The molecule has 126 valence electrons. The lowest BCUT2D eigenvalue weighted by molar-refractivity contribution is -0.119. The zero-order valence-electron chi connectivity index (χ0n) is 13.8. The van der Waals surface area contributed by atoms with Crippen LogP contribution in [0, 0.1) is 0 Å². The highest BCUT2D eigenvalue weighted by Crippen LogP contribution is 2.48. The number of nitrogens with one attached hydrogen (secondary N) is 3. The van der Waals surface area contributed by atoms with Crippen LogP contribution in [-0.4, -0.2) is 38.0 Å². The highest BCUT2D eigenvalue weighted by atomic mass is 35.5. The summed E-state index contributed by atoms with van der Waals surface area (Å²) in [6, 6.07) is 8.05. The molecule has 6 heteroatoms. The van der Waals surface area contributed by atoms with E-state index in [1.165, 1.54) is 5.56 Å². The smallest absolute Gasteiger partial charge is 0.241 e. The van der Waals surface area contributed by atoms with Crippen molar-refractivity contribution in [1.82, 2.24) is 16.0 Å². The lowest BCUT2D eigenvalue weighted by atomic mass is 9.96. The van der Waals surface area contributed by atoms with Gasteiger partial charge in [0.2, 0.25) is 5.91 Å². The Balaban J connectivity index is 1.95. The van der Waals surface area contributed by atoms with Gasteiger partial charge in [-0.15, -0.1) is 0 Å². The molecule has 1 fully saturated rings. The number of likely N-dealkylation sites (N-methyl/N-ethyl adjacent to an activating group) is 1. The Bertz CT molecular complexity index is 569. The zero-order chi connectivity index (χ0) is 16.7. The molecule has 0 aliphatic heterocycles. The third kappa shape index (κ3) is 5.13. The first kappa shape index (κ1) is 17.6. The molecule has 1 saturated carbocycles. The Labute approximate surface area is 142 Å². The third-order valence-electron chi connectivity index (χ3n) is 3.98. The molecule has 0 spiro atoms. The molecule has 23 heavy (non-hydrogen) atoms. The average Bonchev–Trinajstić information content (AvgIpc) is 3.32. The maximum Gasteiger partial charge on any atom is 0.241 e. The van der Waals surface area contributed by atoms with Crippen molar-refractivity contribution in [2.75, 3.05) is 26.2 Å². The van der Waals surface area contributed by atoms with Crippen molar-refractivity contribution in [3.63, 3.8) is 0 Å². The molecule has 0 aromatic heterocycles. The number of carbonyl (C=O) groups is 1. The molecule has 5 nitrogen and oxygen atoms in total. The van der Waals surface area contributed by atoms with E-state index in [0.717, 1.165) is 31.0 Å². The first-order valence-electron chi connectivity index (χ1n) is 8.14. The molecule has 1 aromatic carbocycles. The minimum absolute atomic E-state index is 0.0688. The van der Waals surface area contributed by atoms with Crippen LogP contribution in [-0.2, 0) is 10.2 Å². The Morgan fingerprint density at radius 1 is 1.22 bits per heavy atom. The van der Waals surface area contributed by atoms with Crippen LogP contribution in [0.5, 0.6) is 0 Å². The topological polar surface area (TPSA) is 65.5 Å². The van der Waals surface area contributed by atoms with Gasteiger partial charge in [-0.25, -0.2) is 4.99 Å². The van der Waals surface area contributed by atoms with E-state index in [1.807, 2.05) is 32.0 Å². The molecule has 1 amide bonds. The molecule has 0 atom stereocenters. The Morgan fingerprint density at radius 3 is 2.57 bits per heavy atom. The molecule has 1 aromatic rings. The number of halogens is 1. The summed E-state index contributed by atoms with van der Waals surface area (Å²) in [5.74, 6) is 0.604. The van der Waals surface area contributed by atoms with E-state index in [1.54, 1.807) is 0 Å². The largest absolute Gasteiger partial charge is 0.357 e. The summed E-state index contributed by atoms with van der Waals surface area (Å²) in [7, 11) is 0.